The molecule has 1 aromatic heterocycles. The largest absolute Gasteiger partial charge is 0.454 e. The number of rotatable bonds is 4. The molecule has 0 bridgehead atoms. The van der Waals surface area contributed by atoms with Gasteiger partial charge in [-0.15, -0.1) is 0 Å². The highest BCUT2D eigenvalue weighted by atomic mass is 127. The van der Waals surface area contributed by atoms with Gasteiger partial charge in [-0.05, 0) is 59.5 Å². The Labute approximate surface area is 92.2 Å². The molecule has 3 heteroatoms. The van der Waals surface area contributed by atoms with Crippen LogP contribution in [0, 0.1) is 15.6 Å². The molecule has 2 unspecified atom stereocenters. The zero-order chi connectivity index (χ0) is 9.26. The van der Waals surface area contributed by atoms with E-state index in [2.05, 4.69) is 34.8 Å². The van der Waals surface area contributed by atoms with Gasteiger partial charge in [0.15, 0.2) is 3.77 Å². The fraction of sp³-hybridized carbons (Fsp3) is 0.600. The van der Waals surface area contributed by atoms with Gasteiger partial charge in [0.2, 0.25) is 0 Å². The Morgan fingerprint density at radius 2 is 2.38 bits per heavy atom. The number of furan rings is 1. The lowest BCUT2D eigenvalue weighted by atomic mass is 10.3. The minimum Gasteiger partial charge on any atom is -0.454 e. The first kappa shape index (κ1) is 9.52. The van der Waals surface area contributed by atoms with Crippen LogP contribution in [0.3, 0.4) is 0 Å². The minimum atomic E-state index is 0.867. The van der Waals surface area contributed by atoms with Crippen molar-refractivity contribution in [3.8, 4) is 0 Å². The van der Waals surface area contributed by atoms with Crippen LogP contribution in [0.5, 0.6) is 0 Å². The third kappa shape index (κ3) is 2.71. The molecule has 0 spiro atoms. The monoisotopic (exact) mass is 291 g/mol. The van der Waals surface area contributed by atoms with Gasteiger partial charge in [-0.2, -0.15) is 0 Å². The van der Waals surface area contributed by atoms with Gasteiger partial charge in [0.25, 0.3) is 0 Å². The van der Waals surface area contributed by atoms with Crippen LogP contribution in [0.1, 0.15) is 19.1 Å². The van der Waals surface area contributed by atoms with E-state index in [0.717, 1.165) is 34.5 Å². The Morgan fingerprint density at radius 3 is 2.92 bits per heavy atom. The first-order chi connectivity index (χ1) is 6.25. The smallest absolute Gasteiger partial charge is 0.164 e. The highest BCUT2D eigenvalue weighted by Crippen LogP contribution is 2.36. The molecule has 2 rings (SSSR count). The Kier molecular flexibility index (Phi) is 2.93. The second kappa shape index (κ2) is 4.00. The van der Waals surface area contributed by atoms with Gasteiger partial charge in [-0.3, -0.25) is 0 Å². The predicted molar refractivity (Wildman–Crippen MR) is 60.4 cm³/mol. The summed E-state index contributed by atoms with van der Waals surface area (Å²) < 4.78 is 6.40. The number of hydrogen-bond acceptors (Lipinski definition) is 2. The molecule has 13 heavy (non-hydrogen) atoms. The summed E-state index contributed by atoms with van der Waals surface area (Å²) in [5.41, 5.74) is 0. The summed E-state index contributed by atoms with van der Waals surface area (Å²) in [6.07, 6.45) is 1.39. The van der Waals surface area contributed by atoms with Crippen molar-refractivity contribution in [2.24, 2.45) is 11.8 Å². The normalized spacial score (nSPS) is 26.3. The number of nitrogens with one attached hydrogen (secondary N) is 1. The molecule has 1 aromatic rings. The van der Waals surface area contributed by atoms with Crippen molar-refractivity contribution < 1.29 is 4.42 Å². The number of hydrogen-bond donors (Lipinski definition) is 1. The summed E-state index contributed by atoms with van der Waals surface area (Å²) >= 11 is 2.19. The molecule has 1 heterocycles. The highest BCUT2D eigenvalue weighted by Gasteiger charge is 2.31. The van der Waals surface area contributed by atoms with Crippen molar-refractivity contribution in [3.05, 3.63) is 21.7 Å². The van der Waals surface area contributed by atoms with Gasteiger partial charge in [0.05, 0.1) is 6.54 Å². The Balaban J connectivity index is 1.68. The molecular weight excluding hydrogens is 277 g/mol. The average molecular weight is 291 g/mol. The molecule has 2 atom stereocenters. The van der Waals surface area contributed by atoms with E-state index < -0.39 is 0 Å². The molecular formula is C10H14INO. The van der Waals surface area contributed by atoms with E-state index in [9.17, 15) is 0 Å². The first-order valence-electron chi connectivity index (χ1n) is 4.70. The molecule has 0 amide bonds. The van der Waals surface area contributed by atoms with Crippen LogP contribution in [0.25, 0.3) is 0 Å². The second-order valence-electron chi connectivity index (χ2n) is 3.81. The summed E-state index contributed by atoms with van der Waals surface area (Å²) in [4.78, 5) is 0. The first-order valence-corrected chi connectivity index (χ1v) is 5.78. The summed E-state index contributed by atoms with van der Waals surface area (Å²) in [5.74, 6) is 2.89. The van der Waals surface area contributed by atoms with Crippen molar-refractivity contribution in [1.29, 1.82) is 0 Å². The molecule has 1 aliphatic rings. The molecule has 72 valence electrons. The van der Waals surface area contributed by atoms with Crippen molar-refractivity contribution in [3.63, 3.8) is 0 Å². The zero-order valence-electron chi connectivity index (χ0n) is 7.72. The molecule has 1 fully saturated rings. The van der Waals surface area contributed by atoms with Crippen LogP contribution in [-0.2, 0) is 6.54 Å². The van der Waals surface area contributed by atoms with Crippen LogP contribution < -0.4 is 5.32 Å². The maximum Gasteiger partial charge on any atom is 0.164 e. The Morgan fingerprint density at radius 1 is 1.62 bits per heavy atom. The van der Waals surface area contributed by atoms with Crippen molar-refractivity contribution >= 4 is 22.6 Å². The van der Waals surface area contributed by atoms with Gasteiger partial charge < -0.3 is 9.73 Å². The minimum absolute atomic E-state index is 0.867. The molecule has 0 radical (unpaired) electrons. The zero-order valence-corrected chi connectivity index (χ0v) is 9.87. The summed E-state index contributed by atoms with van der Waals surface area (Å²) in [5, 5.41) is 3.41. The van der Waals surface area contributed by atoms with Crippen molar-refractivity contribution in [2.45, 2.75) is 19.9 Å². The lowest BCUT2D eigenvalue weighted by Crippen LogP contribution is -2.16. The second-order valence-corrected chi connectivity index (χ2v) is 4.87. The third-order valence-corrected chi connectivity index (χ3v) is 3.19. The van der Waals surface area contributed by atoms with Gasteiger partial charge in [-0.25, -0.2) is 0 Å². The van der Waals surface area contributed by atoms with Crippen molar-refractivity contribution in [2.75, 3.05) is 6.54 Å². The topological polar surface area (TPSA) is 25.2 Å². The van der Waals surface area contributed by atoms with Gasteiger partial charge in [0.1, 0.15) is 5.76 Å². The Bertz CT molecular complexity index is 284. The van der Waals surface area contributed by atoms with E-state index in [-0.39, 0.29) is 0 Å². The standard InChI is InChI=1S/C10H14INO/c1-7-4-8(7)5-12-6-9-2-3-10(11)13-9/h2-3,7-8,12H,4-6H2,1H3. The Hall–Kier alpha value is -0.0300. The highest BCUT2D eigenvalue weighted by molar-refractivity contribution is 14.1. The van der Waals surface area contributed by atoms with E-state index in [1.54, 1.807) is 0 Å². The van der Waals surface area contributed by atoms with Crippen LogP contribution in [0.15, 0.2) is 16.5 Å². The molecule has 1 N–H and O–H groups in total. The maximum atomic E-state index is 5.44. The van der Waals surface area contributed by atoms with Gasteiger partial charge in [-0.1, -0.05) is 6.92 Å². The predicted octanol–water partition coefficient (Wildman–Crippen LogP) is 2.63. The van der Waals surface area contributed by atoms with Gasteiger partial charge >= 0.3 is 0 Å². The van der Waals surface area contributed by atoms with Crippen LogP contribution >= 0.6 is 22.6 Å². The van der Waals surface area contributed by atoms with E-state index in [0.29, 0.717) is 0 Å². The molecule has 0 saturated heterocycles. The lowest BCUT2D eigenvalue weighted by molar-refractivity contribution is 0.458. The molecule has 0 aliphatic heterocycles. The molecule has 0 aromatic carbocycles. The van der Waals surface area contributed by atoms with Crippen LogP contribution in [-0.4, -0.2) is 6.54 Å². The number of halogens is 1. The molecule has 1 aliphatic carbocycles. The van der Waals surface area contributed by atoms with Crippen LogP contribution in [0.2, 0.25) is 0 Å². The average Bonchev–Trinajstić information content (AvgIpc) is 2.60. The van der Waals surface area contributed by atoms with E-state index in [1.165, 1.54) is 6.42 Å². The summed E-state index contributed by atoms with van der Waals surface area (Å²) in [6.45, 7) is 4.31. The molecule has 1 saturated carbocycles. The molecule has 2 nitrogen and oxygen atoms in total. The third-order valence-electron chi connectivity index (χ3n) is 2.61. The summed E-state index contributed by atoms with van der Waals surface area (Å²) in [6, 6.07) is 4.03. The van der Waals surface area contributed by atoms with E-state index in [4.69, 9.17) is 4.42 Å². The van der Waals surface area contributed by atoms with E-state index in [1.807, 2.05) is 12.1 Å². The van der Waals surface area contributed by atoms with Crippen molar-refractivity contribution in [1.82, 2.24) is 5.32 Å². The van der Waals surface area contributed by atoms with E-state index >= 15 is 0 Å². The maximum absolute atomic E-state index is 5.44. The fourth-order valence-corrected chi connectivity index (χ4v) is 1.97. The summed E-state index contributed by atoms with van der Waals surface area (Å²) in [7, 11) is 0. The fourth-order valence-electron chi connectivity index (χ4n) is 1.51. The quantitative estimate of drug-likeness (QED) is 0.863. The van der Waals surface area contributed by atoms with Gasteiger partial charge in [0, 0.05) is 0 Å². The van der Waals surface area contributed by atoms with Crippen LogP contribution in [0.4, 0.5) is 0 Å². The lowest BCUT2D eigenvalue weighted by Gasteiger charge is -2.00. The SMILES string of the molecule is CC1CC1CNCc1ccc(I)o1.